The summed E-state index contributed by atoms with van der Waals surface area (Å²) in [6.07, 6.45) is 0. The van der Waals surface area contributed by atoms with Crippen LogP contribution in [0.25, 0.3) is 87.6 Å². The summed E-state index contributed by atoms with van der Waals surface area (Å²) in [6, 6.07) is 31.6. The molecule has 9 rings (SSSR count). The van der Waals surface area contributed by atoms with Gasteiger partial charge < -0.3 is 4.42 Å². The average Bonchev–Trinajstić information content (AvgIpc) is 3.56. The maximum absolute atomic E-state index is 9.41. The summed E-state index contributed by atoms with van der Waals surface area (Å²) in [5, 5.41) is 5.26. The van der Waals surface area contributed by atoms with Crippen LogP contribution in [-0.2, 0) is 0 Å². The lowest BCUT2D eigenvalue weighted by atomic mass is 9.84. The van der Waals surface area contributed by atoms with Crippen molar-refractivity contribution in [1.29, 1.82) is 0 Å². The molecule has 0 saturated carbocycles. The molecule has 9 aromatic rings. The van der Waals surface area contributed by atoms with Crippen LogP contribution >= 0.6 is 0 Å². The van der Waals surface area contributed by atoms with E-state index in [9.17, 15) is 5.48 Å². The van der Waals surface area contributed by atoms with E-state index in [0.717, 1.165) is 21.5 Å². The highest BCUT2D eigenvalue weighted by atomic mass is 16.3. The molecule has 1 heterocycles. The van der Waals surface area contributed by atoms with Gasteiger partial charge in [-0.05, 0) is 66.3 Å². The van der Waals surface area contributed by atoms with E-state index in [-0.39, 0.29) is 51.3 Å². The van der Waals surface area contributed by atoms with Gasteiger partial charge in [-0.15, -0.1) is 0 Å². The summed E-state index contributed by atoms with van der Waals surface area (Å²) in [4.78, 5) is 0. The van der Waals surface area contributed by atoms with Gasteiger partial charge in [0.2, 0.25) is 0 Å². The smallest absolute Gasteiger partial charge is 0.143 e. The van der Waals surface area contributed by atoms with Crippen molar-refractivity contribution < 1.29 is 15.4 Å². The van der Waals surface area contributed by atoms with E-state index < -0.39 is 24.2 Å². The first-order valence-electron chi connectivity index (χ1n) is 18.1. The van der Waals surface area contributed by atoms with E-state index in [1.54, 1.807) is 0 Å². The monoisotopic (exact) mass is 554 g/mol. The van der Waals surface area contributed by atoms with Crippen LogP contribution in [0.1, 0.15) is 11.0 Å². The fourth-order valence-corrected chi connectivity index (χ4v) is 6.42. The number of rotatable bonds is 3. The molecule has 0 saturated heterocycles. The van der Waals surface area contributed by atoms with Gasteiger partial charge in [0.1, 0.15) is 11.3 Å². The van der Waals surface area contributed by atoms with Crippen LogP contribution in [0, 0.1) is 0 Å². The molecule has 0 aliphatic carbocycles. The summed E-state index contributed by atoms with van der Waals surface area (Å²) in [6.45, 7) is 0. The first kappa shape index (κ1) is 17.3. The molecule has 1 heteroatoms. The third-order valence-corrected chi connectivity index (χ3v) is 8.29. The van der Waals surface area contributed by atoms with Crippen molar-refractivity contribution in [1.82, 2.24) is 0 Å². The SMILES string of the molecule is [2H]c1c([2H])c([2H])c2c(-c3c(-c4ccccc4)oc4ccccc34)c3c([2H])c([2H])c([2H])c([2H])c3c(-c3ccc4c(ccc5ccccc54)c3)c2c1[2H]. The Hall–Kier alpha value is -5.66. The molecular formula is C42H26O. The Bertz CT molecular complexity index is 2870. The zero-order valence-electron chi connectivity index (χ0n) is 30.8. The maximum Gasteiger partial charge on any atom is 0.143 e. The molecule has 200 valence electrons. The predicted molar refractivity (Wildman–Crippen MR) is 183 cm³/mol. The van der Waals surface area contributed by atoms with E-state index in [1.807, 2.05) is 109 Å². The van der Waals surface area contributed by atoms with Gasteiger partial charge in [0.25, 0.3) is 0 Å². The Labute approximate surface area is 260 Å². The molecule has 0 N–H and O–H groups in total. The molecule has 0 spiro atoms. The summed E-state index contributed by atoms with van der Waals surface area (Å²) >= 11 is 0. The highest BCUT2D eigenvalue weighted by Gasteiger charge is 2.23. The molecule has 0 atom stereocenters. The van der Waals surface area contributed by atoms with E-state index in [0.29, 0.717) is 39.0 Å². The molecule has 1 aromatic heterocycles. The van der Waals surface area contributed by atoms with E-state index >= 15 is 0 Å². The minimum atomic E-state index is -0.445. The minimum Gasteiger partial charge on any atom is -0.455 e. The number of hydrogen-bond donors (Lipinski definition) is 0. The second-order valence-electron chi connectivity index (χ2n) is 10.6. The fraction of sp³-hybridized carbons (Fsp3) is 0. The highest BCUT2D eigenvalue weighted by molar-refractivity contribution is 6.25. The molecule has 0 amide bonds. The van der Waals surface area contributed by atoms with Crippen molar-refractivity contribution in [2.24, 2.45) is 0 Å². The number of furan rings is 1. The quantitative estimate of drug-likeness (QED) is 0.156. The second-order valence-corrected chi connectivity index (χ2v) is 10.6. The largest absolute Gasteiger partial charge is 0.455 e. The van der Waals surface area contributed by atoms with Crippen molar-refractivity contribution in [3.05, 3.63) is 158 Å². The third kappa shape index (κ3) is 3.65. The van der Waals surface area contributed by atoms with Crippen molar-refractivity contribution in [2.45, 2.75) is 0 Å². The van der Waals surface area contributed by atoms with Crippen LogP contribution in [0.2, 0.25) is 0 Å². The molecule has 0 aliphatic rings. The number of benzene rings is 8. The molecule has 0 bridgehead atoms. The Kier molecular flexibility index (Phi) is 3.80. The molecule has 0 fully saturated rings. The Morgan fingerprint density at radius 3 is 1.72 bits per heavy atom. The van der Waals surface area contributed by atoms with Crippen LogP contribution in [0.15, 0.2) is 162 Å². The lowest BCUT2D eigenvalue weighted by Gasteiger charge is -2.18. The molecule has 0 radical (unpaired) electrons. The molecule has 43 heavy (non-hydrogen) atoms. The molecule has 1 nitrogen and oxygen atoms in total. The zero-order valence-corrected chi connectivity index (χ0v) is 22.8. The summed E-state index contributed by atoms with van der Waals surface area (Å²) in [7, 11) is 0. The average molecular weight is 555 g/mol. The molecule has 0 aliphatic heterocycles. The highest BCUT2D eigenvalue weighted by Crippen LogP contribution is 2.49. The van der Waals surface area contributed by atoms with Gasteiger partial charge in [-0.25, -0.2) is 0 Å². The van der Waals surface area contributed by atoms with Crippen LogP contribution in [0.3, 0.4) is 0 Å². The standard InChI is InChI=1S/C42H26O/c1-2-13-28(14-3-1)42-41(37-20-10-11-21-38(37)43-42)40-35-18-8-6-16-33(35)39(34-17-7-9-19-36(34)40)30-24-25-32-29(26-30)23-22-27-12-4-5-15-31(27)32/h1-26H/i6D,7D,8D,9D,16D,17D,18D,19D. The fourth-order valence-electron chi connectivity index (χ4n) is 6.42. The lowest BCUT2D eigenvalue weighted by molar-refractivity contribution is 0.632. The van der Waals surface area contributed by atoms with Gasteiger partial charge in [0, 0.05) is 22.1 Å². The van der Waals surface area contributed by atoms with E-state index in [4.69, 9.17) is 9.90 Å². The summed E-state index contributed by atoms with van der Waals surface area (Å²) in [5.41, 5.74) is 2.86. The van der Waals surface area contributed by atoms with Gasteiger partial charge in [-0.1, -0.05) is 145 Å². The summed E-state index contributed by atoms with van der Waals surface area (Å²) in [5.74, 6) is 0.421. The molecule has 8 aromatic carbocycles. The van der Waals surface area contributed by atoms with Crippen molar-refractivity contribution in [2.75, 3.05) is 0 Å². The van der Waals surface area contributed by atoms with Gasteiger partial charge in [-0.2, -0.15) is 0 Å². The first-order chi connectivity index (χ1) is 24.7. The van der Waals surface area contributed by atoms with Gasteiger partial charge in [0.15, 0.2) is 0 Å². The zero-order chi connectivity index (χ0) is 35.3. The van der Waals surface area contributed by atoms with Crippen LogP contribution in [0.5, 0.6) is 0 Å². The predicted octanol–water partition coefficient (Wildman–Crippen LogP) is 12.0. The minimum absolute atomic E-state index is 0.149. The van der Waals surface area contributed by atoms with Crippen molar-refractivity contribution >= 4 is 54.1 Å². The van der Waals surface area contributed by atoms with Crippen LogP contribution in [0.4, 0.5) is 0 Å². The van der Waals surface area contributed by atoms with Gasteiger partial charge >= 0.3 is 0 Å². The Morgan fingerprint density at radius 1 is 0.395 bits per heavy atom. The van der Waals surface area contributed by atoms with Crippen molar-refractivity contribution in [3.63, 3.8) is 0 Å². The third-order valence-electron chi connectivity index (χ3n) is 8.29. The maximum atomic E-state index is 9.41. The van der Waals surface area contributed by atoms with E-state index in [2.05, 4.69) is 0 Å². The van der Waals surface area contributed by atoms with Crippen LogP contribution in [-0.4, -0.2) is 0 Å². The topological polar surface area (TPSA) is 13.1 Å². The number of hydrogen-bond acceptors (Lipinski definition) is 1. The molecule has 0 unspecified atom stereocenters. The molecular weight excluding hydrogens is 520 g/mol. The number of para-hydroxylation sites is 1. The normalized spacial score (nSPS) is 14.3. The van der Waals surface area contributed by atoms with Gasteiger partial charge in [0.05, 0.1) is 11.0 Å². The second kappa shape index (κ2) is 9.44. The van der Waals surface area contributed by atoms with Gasteiger partial charge in [-0.3, -0.25) is 0 Å². The summed E-state index contributed by atoms with van der Waals surface area (Å²) < 4.78 is 79.4. The van der Waals surface area contributed by atoms with Crippen LogP contribution < -0.4 is 0 Å². The Balaban J connectivity index is 1.56. The first-order valence-corrected chi connectivity index (χ1v) is 14.1. The lowest BCUT2D eigenvalue weighted by Crippen LogP contribution is -1.92. The van der Waals surface area contributed by atoms with E-state index in [1.165, 1.54) is 0 Å². The number of fused-ring (bicyclic) bond motifs is 6. The van der Waals surface area contributed by atoms with Crippen molar-refractivity contribution in [3.8, 4) is 33.6 Å². The Morgan fingerprint density at radius 2 is 0.977 bits per heavy atom.